The first-order valence-corrected chi connectivity index (χ1v) is 37.2. The fourth-order valence-electron chi connectivity index (χ4n) is 11.1. The summed E-state index contributed by atoms with van der Waals surface area (Å²) in [5, 5.41) is 14.0. The third kappa shape index (κ3) is 64.5. The average molecular weight is 1150 g/mol. The lowest BCUT2D eigenvalue weighted by Crippen LogP contribution is -2.45. The van der Waals surface area contributed by atoms with Crippen LogP contribution in [-0.2, 0) is 18.4 Å². The Morgan fingerprint density at radius 1 is 0.412 bits per heavy atom. The van der Waals surface area contributed by atoms with Crippen molar-refractivity contribution in [2.24, 2.45) is 0 Å². The van der Waals surface area contributed by atoms with Crippen molar-refractivity contribution in [3.8, 4) is 0 Å². The van der Waals surface area contributed by atoms with E-state index < -0.39 is 20.0 Å². The Balaban J connectivity index is 4.06. The van der Waals surface area contributed by atoms with E-state index in [0.29, 0.717) is 17.4 Å². The number of carbonyl (C=O) groups is 1. The van der Waals surface area contributed by atoms with Crippen molar-refractivity contribution in [1.82, 2.24) is 5.32 Å². The summed E-state index contributed by atoms with van der Waals surface area (Å²) in [6.45, 7) is 4.87. The summed E-state index contributed by atoms with van der Waals surface area (Å²) in [5.41, 5.74) is 0. The number of rotatable bonds is 67. The van der Waals surface area contributed by atoms with E-state index in [4.69, 9.17) is 9.05 Å². The molecule has 0 heterocycles. The maximum absolute atomic E-state index is 13.0. The van der Waals surface area contributed by atoms with Crippen molar-refractivity contribution in [2.75, 3.05) is 40.9 Å². The van der Waals surface area contributed by atoms with E-state index in [1.807, 2.05) is 27.2 Å². The van der Waals surface area contributed by atoms with Gasteiger partial charge in [-0.05, 0) is 32.1 Å². The van der Waals surface area contributed by atoms with Crippen LogP contribution in [0.3, 0.4) is 0 Å². The molecule has 0 saturated heterocycles. The van der Waals surface area contributed by atoms with Gasteiger partial charge in [-0.2, -0.15) is 0 Å². The molecular weight excluding hydrogens is 1010 g/mol. The van der Waals surface area contributed by atoms with Crippen LogP contribution >= 0.6 is 7.82 Å². The molecule has 0 spiro atoms. The number of phosphoric ester groups is 1. The molecule has 476 valence electrons. The molecule has 0 fully saturated rings. The fourth-order valence-corrected chi connectivity index (χ4v) is 11.9. The number of aliphatic hydroxyl groups is 1. The van der Waals surface area contributed by atoms with E-state index in [1.165, 1.54) is 315 Å². The summed E-state index contributed by atoms with van der Waals surface area (Å²) >= 11 is 0. The highest BCUT2D eigenvalue weighted by Crippen LogP contribution is 2.43. The van der Waals surface area contributed by atoms with Crippen molar-refractivity contribution in [3.05, 3.63) is 24.3 Å². The lowest BCUT2D eigenvalue weighted by molar-refractivity contribution is -0.870. The fraction of sp³-hybridized carbons (Fsp3) is 0.930. The van der Waals surface area contributed by atoms with E-state index >= 15 is 0 Å². The third-order valence-electron chi connectivity index (χ3n) is 16.7. The van der Waals surface area contributed by atoms with Crippen molar-refractivity contribution in [3.63, 3.8) is 0 Å². The number of amides is 1. The molecule has 3 unspecified atom stereocenters. The van der Waals surface area contributed by atoms with Gasteiger partial charge in [-0.3, -0.25) is 13.8 Å². The predicted molar refractivity (Wildman–Crippen MR) is 351 cm³/mol. The molecule has 3 atom stereocenters. The minimum absolute atomic E-state index is 0.0591. The van der Waals surface area contributed by atoms with Crippen LogP contribution in [0.15, 0.2) is 24.3 Å². The summed E-state index contributed by atoms with van der Waals surface area (Å²) in [4.78, 5) is 23.4. The standard InChI is InChI=1S/C71H141N2O6P/c1-6-8-10-12-14-16-18-20-22-24-26-28-30-32-34-35-36-37-39-40-42-44-46-48-50-52-54-56-58-60-62-64-70(74)69(68-79-80(76,77)78-67-66-73(3,4)5)72-71(75)65-63-61-59-57-55-53-51-49-47-45-43-41-38-33-31-29-27-25-23-21-19-17-15-13-11-9-7-2/h54,56,62,64,69-70,74H,6-53,55,57-61,63,65-68H2,1-5H3,(H-,72,75,76,77)/p+1/b56-54+,64-62+. The van der Waals surface area contributed by atoms with Gasteiger partial charge < -0.3 is 19.8 Å². The summed E-state index contributed by atoms with van der Waals surface area (Å²) in [6, 6.07) is -0.862. The largest absolute Gasteiger partial charge is 0.472 e. The normalized spacial score (nSPS) is 13.7. The molecule has 0 bridgehead atoms. The first-order chi connectivity index (χ1) is 39.0. The summed E-state index contributed by atoms with van der Waals surface area (Å²) < 4.78 is 23.8. The molecule has 0 aromatic rings. The first-order valence-electron chi connectivity index (χ1n) is 35.7. The van der Waals surface area contributed by atoms with Crippen LogP contribution in [0.25, 0.3) is 0 Å². The molecule has 0 aromatic heterocycles. The zero-order chi connectivity index (χ0) is 58.4. The van der Waals surface area contributed by atoms with Gasteiger partial charge in [0.1, 0.15) is 13.2 Å². The lowest BCUT2D eigenvalue weighted by Gasteiger charge is -2.25. The summed E-state index contributed by atoms with van der Waals surface area (Å²) in [7, 11) is 1.58. The monoisotopic (exact) mass is 1150 g/mol. The Hall–Kier alpha value is -1.02. The molecule has 0 aliphatic heterocycles. The Morgan fingerprint density at radius 2 is 0.688 bits per heavy atom. The zero-order valence-electron chi connectivity index (χ0n) is 54.6. The van der Waals surface area contributed by atoms with Crippen LogP contribution in [0, 0.1) is 0 Å². The highest BCUT2D eigenvalue weighted by molar-refractivity contribution is 7.47. The molecule has 3 N–H and O–H groups in total. The number of nitrogens with one attached hydrogen (secondary N) is 1. The number of phosphoric acid groups is 1. The molecule has 8 nitrogen and oxygen atoms in total. The van der Waals surface area contributed by atoms with Crippen LogP contribution in [-0.4, -0.2) is 73.4 Å². The van der Waals surface area contributed by atoms with Crippen LogP contribution < -0.4 is 5.32 Å². The van der Waals surface area contributed by atoms with E-state index in [9.17, 15) is 19.4 Å². The molecule has 0 saturated carbocycles. The number of nitrogens with zero attached hydrogens (tertiary/aromatic N) is 1. The van der Waals surface area contributed by atoms with E-state index in [0.717, 1.165) is 38.5 Å². The lowest BCUT2D eigenvalue weighted by atomic mass is 10.0. The molecule has 0 aliphatic rings. The number of hydrogen-bond acceptors (Lipinski definition) is 5. The van der Waals surface area contributed by atoms with Crippen LogP contribution in [0.5, 0.6) is 0 Å². The summed E-state index contributed by atoms with van der Waals surface area (Å²) in [5.74, 6) is -0.178. The van der Waals surface area contributed by atoms with Gasteiger partial charge in [-0.1, -0.05) is 359 Å². The number of allylic oxidation sites excluding steroid dienone is 3. The average Bonchev–Trinajstić information content (AvgIpc) is 3.42. The molecule has 0 radical (unpaired) electrons. The quantitative estimate of drug-likeness (QED) is 0.0243. The highest BCUT2D eigenvalue weighted by Gasteiger charge is 2.28. The SMILES string of the molecule is CCCCCCCCCCCCCCCCCCCCCCCCCCC/C=C/CC/C=C/C(O)C(COP(=O)(O)OCC[N+](C)(C)C)NC(=O)CCCCCCCCCCCCCCCCCCCCCCCCCCCCC. The van der Waals surface area contributed by atoms with Crippen LogP contribution in [0.1, 0.15) is 373 Å². The van der Waals surface area contributed by atoms with Crippen molar-refractivity contribution in [1.29, 1.82) is 0 Å². The van der Waals surface area contributed by atoms with Crippen LogP contribution in [0.4, 0.5) is 0 Å². The van der Waals surface area contributed by atoms with Crippen LogP contribution in [0.2, 0.25) is 0 Å². The Labute approximate surface area is 500 Å². The van der Waals surface area contributed by atoms with Gasteiger partial charge in [0.05, 0.1) is 39.9 Å². The zero-order valence-corrected chi connectivity index (χ0v) is 55.5. The minimum atomic E-state index is -4.36. The molecular formula is C71H142N2O6P+. The molecule has 0 aliphatic carbocycles. The highest BCUT2D eigenvalue weighted by atomic mass is 31.2. The molecule has 1 amide bonds. The molecule has 0 aromatic carbocycles. The number of quaternary nitrogens is 1. The Kier molecular flexibility index (Phi) is 61.7. The number of hydrogen-bond donors (Lipinski definition) is 3. The van der Waals surface area contributed by atoms with Crippen molar-refractivity contribution < 1.29 is 32.9 Å². The summed E-state index contributed by atoms with van der Waals surface area (Å²) in [6.07, 6.45) is 82.0. The number of likely N-dealkylation sites (N-methyl/N-ethyl adjacent to an activating group) is 1. The number of unbranched alkanes of at least 4 members (excludes halogenated alkanes) is 52. The second-order valence-corrected chi connectivity index (χ2v) is 27.4. The first kappa shape index (κ1) is 79.0. The van der Waals surface area contributed by atoms with Gasteiger partial charge in [-0.15, -0.1) is 0 Å². The van der Waals surface area contributed by atoms with Gasteiger partial charge in [0.15, 0.2) is 0 Å². The minimum Gasteiger partial charge on any atom is -0.387 e. The molecule has 0 rings (SSSR count). The predicted octanol–water partition coefficient (Wildman–Crippen LogP) is 22.7. The van der Waals surface area contributed by atoms with E-state index in [2.05, 4.69) is 31.3 Å². The smallest absolute Gasteiger partial charge is 0.387 e. The number of aliphatic hydroxyl groups excluding tert-OH is 1. The van der Waals surface area contributed by atoms with Gasteiger partial charge >= 0.3 is 7.82 Å². The topological polar surface area (TPSA) is 105 Å². The Morgan fingerprint density at radius 3 is 1.00 bits per heavy atom. The Bertz CT molecular complexity index is 1350. The van der Waals surface area contributed by atoms with Crippen molar-refractivity contribution >= 4 is 13.7 Å². The van der Waals surface area contributed by atoms with E-state index in [1.54, 1.807) is 6.08 Å². The molecule has 80 heavy (non-hydrogen) atoms. The van der Waals surface area contributed by atoms with Gasteiger partial charge in [0, 0.05) is 6.42 Å². The second-order valence-electron chi connectivity index (χ2n) is 26.0. The van der Waals surface area contributed by atoms with E-state index in [-0.39, 0.29) is 19.1 Å². The number of carbonyl (C=O) groups excluding carboxylic acids is 1. The van der Waals surface area contributed by atoms with Crippen molar-refractivity contribution in [2.45, 2.75) is 386 Å². The maximum atomic E-state index is 13.0. The molecule has 9 heteroatoms. The maximum Gasteiger partial charge on any atom is 0.472 e. The van der Waals surface area contributed by atoms with Gasteiger partial charge in [0.25, 0.3) is 0 Å². The second kappa shape index (κ2) is 62.5. The van der Waals surface area contributed by atoms with Gasteiger partial charge in [-0.25, -0.2) is 4.57 Å². The third-order valence-corrected chi connectivity index (χ3v) is 17.7. The van der Waals surface area contributed by atoms with Gasteiger partial charge in [0.2, 0.25) is 5.91 Å².